The van der Waals surface area contributed by atoms with Gasteiger partial charge in [0, 0.05) is 24.0 Å². The normalized spacial score (nSPS) is 16.4. The molecule has 0 spiro atoms. The highest BCUT2D eigenvalue weighted by molar-refractivity contribution is 5.99. The highest BCUT2D eigenvalue weighted by Gasteiger charge is 2.35. The second-order valence-electron chi connectivity index (χ2n) is 7.37. The molecule has 4 heterocycles. The van der Waals surface area contributed by atoms with E-state index in [9.17, 15) is 9.59 Å². The molecular formula is C21H24N4O4. The molecular weight excluding hydrogens is 372 g/mol. The van der Waals surface area contributed by atoms with E-state index in [0.717, 1.165) is 17.8 Å². The summed E-state index contributed by atoms with van der Waals surface area (Å²) < 4.78 is 12.3. The summed E-state index contributed by atoms with van der Waals surface area (Å²) in [5.41, 5.74) is 2.24. The first-order chi connectivity index (χ1) is 14.0. The summed E-state index contributed by atoms with van der Waals surface area (Å²) in [6.45, 7) is 6.50. The summed E-state index contributed by atoms with van der Waals surface area (Å²) in [7, 11) is 0. The van der Waals surface area contributed by atoms with Crippen molar-refractivity contribution in [3.8, 4) is 5.82 Å². The Morgan fingerprint density at radius 1 is 1.28 bits per heavy atom. The molecule has 1 aliphatic rings. The average molecular weight is 396 g/mol. The Balaban J connectivity index is 1.53. The molecule has 0 aliphatic carbocycles. The fraction of sp³-hybridized carbons (Fsp3) is 0.381. The van der Waals surface area contributed by atoms with Gasteiger partial charge >= 0.3 is 0 Å². The van der Waals surface area contributed by atoms with Crippen molar-refractivity contribution in [2.24, 2.45) is 0 Å². The number of nitrogens with one attached hydrogen (secondary N) is 1. The van der Waals surface area contributed by atoms with Gasteiger partial charge in [0.05, 0.1) is 18.4 Å². The van der Waals surface area contributed by atoms with Crippen LogP contribution in [0.3, 0.4) is 0 Å². The van der Waals surface area contributed by atoms with Gasteiger partial charge in [-0.3, -0.25) is 14.2 Å². The number of hydrogen-bond donors (Lipinski definition) is 1. The van der Waals surface area contributed by atoms with Crippen molar-refractivity contribution in [1.82, 2.24) is 19.9 Å². The third-order valence-electron chi connectivity index (χ3n) is 5.34. The minimum atomic E-state index is -0.477. The van der Waals surface area contributed by atoms with E-state index in [1.807, 2.05) is 37.5 Å². The maximum Gasteiger partial charge on any atom is 0.256 e. The Morgan fingerprint density at radius 3 is 2.79 bits per heavy atom. The summed E-state index contributed by atoms with van der Waals surface area (Å²) in [4.78, 5) is 27.6. The third-order valence-corrected chi connectivity index (χ3v) is 5.34. The second kappa shape index (κ2) is 7.62. The summed E-state index contributed by atoms with van der Waals surface area (Å²) in [6, 6.07) is 6.78. The topological polar surface area (TPSA) is 93.5 Å². The van der Waals surface area contributed by atoms with E-state index in [1.54, 1.807) is 23.3 Å². The van der Waals surface area contributed by atoms with Gasteiger partial charge in [-0.05, 0) is 51.8 Å². The van der Waals surface area contributed by atoms with Crippen LogP contribution in [0.15, 0.2) is 39.5 Å². The predicted octanol–water partition coefficient (Wildman–Crippen LogP) is 2.90. The molecule has 0 saturated carbocycles. The summed E-state index contributed by atoms with van der Waals surface area (Å²) in [5, 5.41) is 6.93. The van der Waals surface area contributed by atoms with Crippen molar-refractivity contribution in [1.29, 1.82) is 0 Å². The van der Waals surface area contributed by atoms with Crippen LogP contribution in [0.1, 0.15) is 46.1 Å². The van der Waals surface area contributed by atoms with Crippen LogP contribution in [0, 0.1) is 20.8 Å². The maximum atomic E-state index is 13.3. The number of carbonyl (C=O) groups is 2. The number of nitrogens with zero attached hydrogens (tertiary/aromatic N) is 3. The van der Waals surface area contributed by atoms with Crippen molar-refractivity contribution >= 4 is 11.8 Å². The lowest BCUT2D eigenvalue weighted by atomic mass is 10.1. The first-order valence-electron chi connectivity index (χ1n) is 9.69. The number of rotatable bonds is 5. The van der Waals surface area contributed by atoms with Gasteiger partial charge in [-0.1, -0.05) is 5.16 Å². The van der Waals surface area contributed by atoms with E-state index < -0.39 is 6.04 Å². The Morgan fingerprint density at radius 2 is 2.10 bits per heavy atom. The van der Waals surface area contributed by atoms with E-state index in [2.05, 4.69) is 10.5 Å². The molecule has 3 aromatic rings. The molecule has 0 radical (unpaired) electrons. The van der Waals surface area contributed by atoms with Gasteiger partial charge in [0.2, 0.25) is 5.91 Å². The molecule has 1 atom stereocenters. The lowest BCUT2D eigenvalue weighted by Crippen LogP contribution is -2.45. The number of amides is 2. The zero-order valence-electron chi connectivity index (χ0n) is 16.8. The molecule has 2 amide bonds. The van der Waals surface area contributed by atoms with Gasteiger partial charge < -0.3 is 19.2 Å². The summed E-state index contributed by atoms with van der Waals surface area (Å²) in [5.74, 6) is 1.73. The van der Waals surface area contributed by atoms with Crippen LogP contribution in [-0.2, 0) is 11.3 Å². The van der Waals surface area contributed by atoms with Crippen molar-refractivity contribution in [2.45, 2.75) is 46.2 Å². The molecule has 1 fully saturated rings. The zero-order chi connectivity index (χ0) is 20.5. The highest BCUT2D eigenvalue weighted by Crippen LogP contribution is 2.26. The molecule has 1 N–H and O–H groups in total. The van der Waals surface area contributed by atoms with E-state index >= 15 is 0 Å². The van der Waals surface area contributed by atoms with Gasteiger partial charge in [0.25, 0.3) is 5.91 Å². The van der Waals surface area contributed by atoms with E-state index in [0.29, 0.717) is 42.4 Å². The van der Waals surface area contributed by atoms with Gasteiger partial charge in [-0.25, -0.2) is 0 Å². The van der Waals surface area contributed by atoms with Gasteiger partial charge in [-0.2, -0.15) is 0 Å². The Hall–Kier alpha value is -3.29. The van der Waals surface area contributed by atoms with E-state index in [1.165, 1.54) is 0 Å². The van der Waals surface area contributed by atoms with E-state index in [4.69, 9.17) is 8.94 Å². The van der Waals surface area contributed by atoms with Crippen molar-refractivity contribution in [3.63, 3.8) is 0 Å². The number of hydrogen-bond acceptors (Lipinski definition) is 5. The Kier molecular flexibility index (Phi) is 5.00. The molecule has 3 aromatic heterocycles. The SMILES string of the molecule is Cc1cc(-n2c(C)cc(C(=O)N3CCCC3C(=O)NCc3ccco3)c2C)no1. The van der Waals surface area contributed by atoms with Crippen LogP contribution in [0.4, 0.5) is 0 Å². The molecule has 29 heavy (non-hydrogen) atoms. The quantitative estimate of drug-likeness (QED) is 0.716. The predicted molar refractivity (Wildman–Crippen MR) is 105 cm³/mol. The van der Waals surface area contributed by atoms with Crippen molar-refractivity contribution in [2.75, 3.05) is 6.54 Å². The molecule has 0 aromatic carbocycles. The molecule has 152 valence electrons. The summed E-state index contributed by atoms with van der Waals surface area (Å²) in [6.07, 6.45) is 3.02. The van der Waals surface area contributed by atoms with Crippen molar-refractivity contribution in [3.05, 3.63) is 59.0 Å². The third kappa shape index (κ3) is 3.57. The molecule has 1 saturated heterocycles. The van der Waals surface area contributed by atoms with Crippen LogP contribution < -0.4 is 5.32 Å². The van der Waals surface area contributed by atoms with Crippen LogP contribution in [0.5, 0.6) is 0 Å². The zero-order valence-corrected chi connectivity index (χ0v) is 16.8. The minimum absolute atomic E-state index is 0.139. The first kappa shape index (κ1) is 19.0. The molecule has 0 bridgehead atoms. The minimum Gasteiger partial charge on any atom is -0.467 e. The molecule has 1 aliphatic heterocycles. The molecule has 1 unspecified atom stereocenters. The van der Waals surface area contributed by atoms with Crippen LogP contribution >= 0.6 is 0 Å². The van der Waals surface area contributed by atoms with Gasteiger partial charge in [-0.15, -0.1) is 0 Å². The maximum absolute atomic E-state index is 13.3. The number of aromatic nitrogens is 2. The van der Waals surface area contributed by atoms with Crippen LogP contribution in [0.25, 0.3) is 5.82 Å². The fourth-order valence-corrected chi connectivity index (χ4v) is 3.93. The highest BCUT2D eigenvalue weighted by atomic mass is 16.5. The summed E-state index contributed by atoms with van der Waals surface area (Å²) >= 11 is 0. The van der Waals surface area contributed by atoms with E-state index in [-0.39, 0.29) is 11.8 Å². The Bertz CT molecular complexity index is 1030. The second-order valence-corrected chi connectivity index (χ2v) is 7.37. The molecule has 8 heteroatoms. The lowest BCUT2D eigenvalue weighted by Gasteiger charge is -2.24. The van der Waals surface area contributed by atoms with Crippen LogP contribution in [0.2, 0.25) is 0 Å². The standard InChI is InChI=1S/C21H24N4O4/c1-13-10-17(15(3)25(13)19-11-14(2)29-23-19)21(27)24-8-4-7-18(24)20(26)22-12-16-6-5-9-28-16/h5-6,9-11,18H,4,7-8,12H2,1-3H3,(H,22,26). The number of likely N-dealkylation sites (tertiary alicyclic amines) is 1. The smallest absolute Gasteiger partial charge is 0.256 e. The largest absolute Gasteiger partial charge is 0.467 e. The molecule has 4 rings (SSSR count). The van der Waals surface area contributed by atoms with Crippen molar-refractivity contribution < 1.29 is 18.5 Å². The molecule has 8 nitrogen and oxygen atoms in total. The van der Waals surface area contributed by atoms with Gasteiger partial charge in [0.15, 0.2) is 5.82 Å². The van der Waals surface area contributed by atoms with Gasteiger partial charge in [0.1, 0.15) is 17.6 Å². The number of aryl methyl sites for hydroxylation is 2. The average Bonchev–Trinajstić information content (AvgIpc) is 3.47. The first-order valence-corrected chi connectivity index (χ1v) is 9.69. The number of carbonyl (C=O) groups excluding carboxylic acids is 2. The Labute approximate surface area is 168 Å². The van der Waals surface area contributed by atoms with Crippen LogP contribution in [-0.4, -0.2) is 39.0 Å². The lowest BCUT2D eigenvalue weighted by molar-refractivity contribution is -0.125. The monoisotopic (exact) mass is 396 g/mol. The number of furan rings is 1. The fourth-order valence-electron chi connectivity index (χ4n) is 3.93.